The number of aromatic amines is 1. The summed E-state index contributed by atoms with van der Waals surface area (Å²) < 4.78 is 5.27. The van der Waals surface area contributed by atoms with Crippen molar-refractivity contribution in [2.75, 3.05) is 32.8 Å². The van der Waals surface area contributed by atoms with Gasteiger partial charge >= 0.3 is 0 Å². The fourth-order valence-corrected chi connectivity index (χ4v) is 2.38. The van der Waals surface area contributed by atoms with E-state index < -0.39 is 0 Å². The third-order valence-electron chi connectivity index (χ3n) is 3.50. The second kappa shape index (κ2) is 5.95. The number of imidazole rings is 1. The van der Waals surface area contributed by atoms with Crippen LogP contribution in [0.2, 0.25) is 0 Å². The quantitative estimate of drug-likeness (QED) is 0.661. The summed E-state index contributed by atoms with van der Waals surface area (Å²) in [6.45, 7) is 3.15. The molecular formula is C15H16N4O2. The topological polar surface area (TPSA) is 85.2 Å². The average Bonchev–Trinajstić information content (AvgIpc) is 2.92. The Hall–Kier alpha value is -2.36. The normalized spacial score (nSPS) is 17.5. The van der Waals surface area contributed by atoms with Gasteiger partial charge in [0.2, 0.25) is 0 Å². The van der Waals surface area contributed by atoms with Gasteiger partial charge in [0, 0.05) is 13.1 Å². The van der Waals surface area contributed by atoms with E-state index in [4.69, 9.17) is 4.74 Å². The smallest absolute Gasteiger partial charge is 0.152 e. The lowest BCUT2D eigenvalue weighted by atomic mass is 10.2. The molecule has 1 fully saturated rings. The number of aliphatic hydroxyl groups is 1. The molecule has 0 unspecified atom stereocenters. The van der Waals surface area contributed by atoms with E-state index in [0.717, 1.165) is 24.1 Å². The Balaban J connectivity index is 1.88. The van der Waals surface area contributed by atoms with Gasteiger partial charge in [-0.2, -0.15) is 5.26 Å². The summed E-state index contributed by atoms with van der Waals surface area (Å²) in [5, 5.41) is 19.6. The van der Waals surface area contributed by atoms with Gasteiger partial charge in [0.1, 0.15) is 17.4 Å². The number of allylic oxidation sites excluding steroid dienone is 1. The van der Waals surface area contributed by atoms with Gasteiger partial charge < -0.3 is 14.8 Å². The number of fused-ring (bicyclic) bond motifs is 1. The maximum atomic E-state index is 10.3. The molecule has 2 N–H and O–H groups in total. The Bertz CT molecular complexity index is 675. The molecule has 1 aromatic carbocycles. The summed E-state index contributed by atoms with van der Waals surface area (Å²) in [4.78, 5) is 9.48. The van der Waals surface area contributed by atoms with Crippen molar-refractivity contribution in [3.63, 3.8) is 0 Å². The van der Waals surface area contributed by atoms with Crippen molar-refractivity contribution in [2.45, 2.75) is 0 Å². The zero-order valence-corrected chi connectivity index (χ0v) is 11.5. The Kier molecular flexibility index (Phi) is 3.86. The van der Waals surface area contributed by atoms with Crippen molar-refractivity contribution in [3.8, 4) is 6.07 Å². The SMILES string of the molecule is N#CC(=C(O)CN1CCOCC1)c1nc2ccccc2[nH]1. The van der Waals surface area contributed by atoms with Crippen LogP contribution < -0.4 is 0 Å². The van der Waals surface area contributed by atoms with E-state index in [0.29, 0.717) is 25.6 Å². The number of nitrogens with zero attached hydrogens (tertiary/aromatic N) is 3. The number of nitrogens with one attached hydrogen (secondary N) is 1. The Labute approximate surface area is 122 Å². The maximum absolute atomic E-state index is 10.3. The van der Waals surface area contributed by atoms with Crippen molar-refractivity contribution in [1.82, 2.24) is 14.9 Å². The molecule has 2 aromatic rings. The number of aromatic nitrogens is 2. The van der Waals surface area contributed by atoms with Crippen LogP contribution in [-0.4, -0.2) is 52.8 Å². The molecular weight excluding hydrogens is 268 g/mol. The second-order valence-corrected chi connectivity index (χ2v) is 4.92. The monoisotopic (exact) mass is 284 g/mol. The zero-order valence-electron chi connectivity index (χ0n) is 11.5. The molecule has 0 bridgehead atoms. The molecule has 1 aromatic heterocycles. The number of hydrogen-bond donors (Lipinski definition) is 2. The standard InChI is InChI=1S/C15H16N4O2/c16-9-11(14(20)10-19-5-7-21-8-6-19)15-17-12-3-1-2-4-13(12)18-15/h1-4,20H,5-8,10H2,(H,17,18). The molecule has 0 radical (unpaired) electrons. The van der Waals surface area contributed by atoms with Crippen molar-refractivity contribution >= 4 is 16.6 Å². The summed E-state index contributed by atoms with van der Waals surface area (Å²) in [6.07, 6.45) is 0. The molecule has 6 heteroatoms. The van der Waals surface area contributed by atoms with Crippen LogP contribution in [0.5, 0.6) is 0 Å². The van der Waals surface area contributed by atoms with Crippen LogP contribution in [-0.2, 0) is 4.74 Å². The highest BCUT2D eigenvalue weighted by molar-refractivity contribution is 5.82. The van der Waals surface area contributed by atoms with Gasteiger partial charge in [0.05, 0.1) is 30.8 Å². The fraction of sp³-hybridized carbons (Fsp3) is 0.333. The second-order valence-electron chi connectivity index (χ2n) is 4.92. The predicted octanol–water partition coefficient (Wildman–Crippen LogP) is 1.69. The molecule has 0 amide bonds. The number of aliphatic hydroxyl groups excluding tert-OH is 1. The molecule has 1 aliphatic rings. The van der Waals surface area contributed by atoms with E-state index in [1.807, 2.05) is 30.3 Å². The van der Waals surface area contributed by atoms with Gasteiger partial charge in [-0.25, -0.2) is 4.98 Å². The van der Waals surface area contributed by atoms with E-state index >= 15 is 0 Å². The summed E-state index contributed by atoms with van der Waals surface area (Å²) in [5.74, 6) is 0.447. The third-order valence-corrected chi connectivity index (χ3v) is 3.50. The number of hydrogen-bond acceptors (Lipinski definition) is 5. The molecule has 108 valence electrons. The molecule has 2 heterocycles. The number of rotatable bonds is 3. The first kappa shape index (κ1) is 13.6. The van der Waals surface area contributed by atoms with Gasteiger partial charge in [-0.3, -0.25) is 4.90 Å². The van der Waals surface area contributed by atoms with Crippen LogP contribution in [0, 0.1) is 11.3 Å². The number of benzene rings is 1. The fourth-order valence-electron chi connectivity index (χ4n) is 2.38. The number of nitriles is 1. The first-order valence-corrected chi connectivity index (χ1v) is 6.85. The first-order chi connectivity index (χ1) is 10.3. The number of H-pyrrole nitrogens is 1. The van der Waals surface area contributed by atoms with Gasteiger partial charge in [0.15, 0.2) is 5.82 Å². The molecule has 3 rings (SSSR count). The number of ether oxygens (including phenoxy) is 1. The Morgan fingerprint density at radius 1 is 1.38 bits per heavy atom. The van der Waals surface area contributed by atoms with Crippen molar-refractivity contribution in [2.24, 2.45) is 0 Å². The summed E-state index contributed by atoms with van der Waals surface area (Å²) >= 11 is 0. The Morgan fingerprint density at radius 3 is 2.86 bits per heavy atom. The summed E-state index contributed by atoms with van der Waals surface area (Å²) in [6, 6.07) is 9.58. The van der Waals surface area contributed by atoms with Crippen LogP contribution in [0.1, 0.15) is 5.82 Å². The molecule has 0 saturated carbocycles. The van der Waals surface area contributed by atoms with Crippen LogP contribution >= 0.6 is 0 Å². The van der Waals surface area contributed by atoms with Crippen LogP contribution in [0.25, 0.3) is 16.6 Å². The number of morpholine rings is 1. The van der Waals surface area contributed by atoms with Crippen molar-refractivity contribution in [1.29, 1.82) is 5.26 Å². The minimum atomic E-state index is 0.0402. The predicted molar refractivity (Wildman–Crippen MR) is 78.5 cm³/mol. The van der Waals surface area contributed by atoms with Crippen LogP contribution in [0.15, 0.2) is 30.0 Å². The minimum absolute atomic E-state index is 0.0402. The minimum Gasteiger partial charge on any atom is -0.509 e. The highest BCUT2D eigenvalue weighted by atomic mass is 16.5. The highest BCUT2D eigenvalue weighted by Gasteiger charge is 2.17. The molecule has 0 atom stereocenters. The molecule has 0 aliphatic carbocycles. The van der Waals surface area contributed by atoms with E-state index in [1.165, 1.54) is 0 Å². The lowest BCUT2D eigenvalue weighted by molar-refractivity contribution is 0.0381. The maximum Gasteiger partial charge on any atom is 0.152 e. The summed E-state index contributed by atoms with van der Waals surface area (Å²) in [5.41, 5.74) is 1.82. The molecule has 1 saturated heterocycles. The van der Waals surface area contributed by atoms with E-state index in [9.17, 15) is 10.4 Å². The highest BCUT2D eigenvalue weighted by Crippen LogP contribution is 2.19. The molecule has 0 spiro atoms. The van der Waals surface area contributed by atoms with E-state index in [1.54, 1.807) is 0 Å². The first-order valence-electron chi connectivity index (χ1n) is 6.85. The molecule has 6 nitrogen and oxygen atoms in total. The largest absolute Gasteiger partial charge is 0.509 e. The Morgan fingerprint density at radius 2 is 2.14 bits per heavy atom. The van der Waals surface area contributed by atoms with E-state index in [-0.39, 0.29) is 11.3 Å². The number of para-hydroxylation sites is 2. The van der Waals surface area contributed by atoms with Crippen molar-refractivity contribution < 1.29 is 9.84 Å². The van der Waals surface area contributed by atoms with Gasteiger partial charge in [-0.15, -0.1) is 0 Å². The van der Waals surface area contributed by atoms with Crippen LogP contribution in [0.4, 0.5) is 0 Å². The van der Waals surface area contributed by atoms with Gasteiger partial charge in [0.25, 0.3) is 0 Å². The van der Waals surface area contributed by atoms with Crippen LogP contribution in [0.3, 0.4) is 0 Å². The summed E-state index contributed by atoms with van der Waals surface area (Å²) in [7, 11) is 0. The van der Waals surface area contributed by atoms with Gasteiger partial charge in [-0.05, 0) is 12.1 Å². The van der Waals surface area contributed by atoms with Gasteiger partial charge in [-0.1, -0.05) is 12.1 Å². The zero-order chi connectivity index (χ0) is 14.7. The lowest BCUT2D eigenvalue weighted by Gasteiger charge is -2.26. The van der Waals surface area contributed by atoms with Crippen molar-refractivity contribution in [3.05, 3.63) is 35.8 Å². The van der Waals surface area contributed by atoms with E-state index in [2.05, 4.69) is 14.9 Å². The molecule has 21 heavy (non-hydrogen) atoms. The average molecular weight is 284 g/mol. The third kappa shape index (κ3) is 2.89. The molecule has 1 aliphatic heterocycles. The lowest BCUT2D eigenvalue weighted by Crippen LogP contribution is -2.37.